The van der Waals surface area contributed by atoms with E-state index in [1.54, 1.807) is 30.3 Å². The fraction of sp³-hybridized carbons (Fsp3) is 0.125. The first-order valence-corrected chi connectivity index (χ1v) is 7.45. The average Bonchev–Trinajstić information content (AvgIpc) is 2.51. The second kappa shape index (κ2) is 7.61. The van der Waals surface area contributed by atoms with Crippen molar-refractivity contribution in [3.05, 3.63) is 58.1 Å². The number of hydrazone groups is 1. The van der Waals surface area contributed by atoms with Crippen LogP contribution in [0, 0.1) is 0 Å². The van der Waals surface area contributed by atoms with Gasteiger partial charge in [-0.25, -0.2) is 5.43 Å². The summed E-state index contributed by atoms with van der Waals surface area (Å²) in [5.41, 5.74) is 3.65. The van der Waals surface area contributed by atoms with Crippen LogP contribution in [0.1, 0.15) is 22.8 Å². The SMILES string of the molecule is CCOc1cc(/C=N\NC(=O)c2ccccc2Br)ccc1O. The summed E-state index contributed by atoms with van der Waals surface area (Å²) in [6, 6.07) is 11.9. The topological polar surface area (TPSA) is 70.9 Å². The molecule has 0 atom stereocenters. The molecule has 0 saturated carbocycles. The number of hydrogen-bond donors (Lipinski definition) is 2. The molecule has 0 aliphatic carbocycles. The first-order valence-electron chi connectivity index (χ1n) is 6.65. The van der Waals surface area contributed by atoms with E-state index in [0.29, 0.717) is 28.0 Å². The number of amides is 1. The minimum absolute atomic E-state index is 0.0660. The average molecular weight is 363 g/mol. The van der Waals surface area contributed by atoms with Crippen LogP contribution >= 0.6 is 15.9 Å². The molecule has 0 saturated heterocycles. The predicted molar refractivity (Wildman–Crippen MR) is 88.5 cm³/mol. The van der Waals surface area contributed by atoms with Crippen LogP contribution in [-0.4, -0.2) is 23.8 Å². The van der Waals surface area contributed by atoms with E-state index in [2.05, 4.69) is 26.5 Å². The summed E-state index contributed by atoms with van der Waals surface area (Å²) in [7, 11) is 0. The van der Waals surface area contributed by atoms with Crippen LogP contribution < -0.4 is 10.2 Å². The van der Waals surface area contributed by atoms with E-state index in [1.165, 1.54) is 12.3 Å². The first-order chi connectivity index (χ1) is 10.6. The van der Waals surface area contributed by atoms with Crippen LogP contribution in [0.25, 0.3) is 0 Å². The molecule has 0 unspecified atom stereocenters. The molecule has 2 rings (SSSR count). The Morgan fingerprint density at radius 2 is 2.14 bits per heavy atom. The standard InChI is InChI=1S/C16H15BrN2O3/c1-2-22-15-9-11(7-8-14(15)20)10-18-19-16(21)12-5-3-4-6-13(12)17/h3-10,20H,2H2,1H3,(H,19,21)/b18-10-. The maximum absolute atomic E-state index is 12.0. The van der Waals surface area contributed by atoms with Gasteiger partial charge in [-0.3, -0.25) is 4.79 Å². The predicted octanol–water partition coefficient (Wildman–Crippen LogP) is 3.32. The lowest BCUT2D eigenvalue weighted by atomic mass is 10.2. The highest BCUT2D eigenvalue weighted by molar-refractivity contribution is 9.10. The molecule has 2 N–H and O–H groups in total. The van der Waals surface area contributed by atoms with Gasteiger partial charge in [-0.05, 0) is 58.7 Å². The Morgan fingerprint density at radius 3 is 2.86 bits per heavy atom. The van der Waals surface area contributed by atoms with E-state index in [0.717, 1.165) is 0 Å². The van der Waals surface area contributed by atoms with Gasteiger partial charge in [0, 0.05) is 4.47 Å². The Morgan fingerprint density at radius 1 is 1.36 bits per heavy atom. The van der Waals surface area contributed by atoms with Crippen molar-refractivity contribution in [2.24, 2.45) is 5.10 Å². The third-order valence-corrected chi connectivity index (χ3v) is 3.47. The lowest BCUT2D eigenvalue weighted by Crippen LogP contribution is -2.18. The smallest absolute Gasteiger partial charge is 0.272 e. The van der Waals surface area contributed by atoms with Crippen LogP contribution in [0.3, 0.4) is 0 Å². The van der Waals surface area contributed by atoms with Crippen molar-refractivity contribution in [3.8, 4) is 11.5 Å². The molecule has 114 valence electrons. The van der Waals surface area contributed by atoms with Gasteiger partial charge in [0.25, 0.3) is 5.91 Å². The molecular weight excluding hydrogens is 348 g/mol. The number of nitrogens with zero attached hydrogens (tertiary/aromatic N) is 1. The molecule has 0 fully saturated rings. The summed E-state index contributed by atoms with van der Waals surface area (Å²) in [4.78, 5) is 12.0. The highest BCUT2D eigenvalue weighted by Gasteiger charge is 2.07. The summed E-state index contributed by atoms with van der Waals surface area (Å²) >= 11 is 3.31. The summed E-state index contributed by atoms with van der Waals surface area (Å²) in [5.74, 6) is 0.132. The second-order valence-electron chi connectivity index (χ2n) is 4.34. The number of rotatable bonds is 5. The molecule has 0 aromatic heterocycles. The Kier molecular flexibility index (Phi) is 5.55. The highest BCUT2D eigenvalue weighted by Crippen LogP contribution is 2.26. The van der Waals surface area contributed by atoms with Crippen molar-refractivity contribution in [1.29, 1.82) is 0 Å². The molecule has 0 bridgehead atoms. The van der Waals surface area contributed by atoms with Crippen molar-refractivity contribution in [2.75, 3.05) is 6.61 Å². The summed E-state index contributed by atoms with van der Waals surface area (Å²) in [6.45, 7) is 2.28. The van der Waals surface area contributed by atoms with Crippen molar-refractivity contribution in [2.45, 2.75) is 6.92 Å². The summed E-state index contributed by atoms with van der Waals surface area (Å²) in [5, 5.41) is 13.5. The number of ether oxygens (including phenoxy) is 1. The van der Waals surface area contributed by atoms with Gasteiger partial charge in [0.15, 0.2) is 11.5 Å². The van der Waals surface area contributed by atoms with Crippen LogP contribution in [0.2, 0.25) is 0 Å². The molecule has 2 aromatic carbocycles. The van der Waals surface area contributed by atoms with Gasteiger partial charge in [0.1, 0.15) is 0 Å². The largest absolute Gasteiger partial charge is 0.504 e. The minimum atomic E-state index is -0.312. The zero-order chi connectivity index (χ0) is 15.9. The summed E-state index contributed by atoms with van der Waals surface area (Å²) < 4.78 is 5.98. The minimum Gasteiger partial charge on any atom is -0.504 e. The Balaban J connectivity index is 2.05. The van der Waals surface area contributed by atoms with E-state index in [-0.39, 0.29) is 11.7 Å². The number of aromatic hydroxyl groups is 1. The molecule has 1 amide bonds. The lowest BCUT2D eigenvalue weighted by molar-refractivity contribution is 0.0954. The number of benzene rings is 2. The molecule has 0 spiro atoms. The van der Waals surface area contributed by atoms with Crippen molar-refractivity contribution < 1.29 is 14.6 Å². The van der Waals surface area contributed by atoms with E-state index >= 15 is 0 Å². The first kappa shape index (κ1) is 16.0. The van der Waals surface area contributed by atoms with Crippen molar-refractivity contribution in [1.82, 2.24) is 5.43 Å². The maximum Gasteiger partial charge on any atom is 0.272 e. The third kappa shape index (κ3) is 4.08. The Labute approximate surface area is 136 Å². The normalized spacial score (nSPS) is 10.6. The quantitative estimate of drug-likeness (QED) is 0.633. The van der Waals surface area contributed by atoms with Crippen LogP contribution in [0.5, 0.6) is 11.5 Å². The van der Waals surface area contributed by atoms with Crippen LogP contribution in [0.4, 0.5) is 0 Å². The van der Waals surface area contributed by atoms with E-state index in [4.69, 9.17) is 4.74 Å². The van der Waals surface area contributed by atoms with E-state index in [9.17, 15) is 9.90 Å². The van der Waals surface area contributed by atoms with E-state index < -0.39 is 0 Å². The molecule has 5 nitrogen and oxygen atoms in total. The van der Waals surface area contributed by atoms with Gasteiger partial charge in [-0.15, -0.1) is 0 Å². The Bertz CT molecular complexity index is 702. The molecule has 0 heterocycles. The van der Waals surface area contributed by atoms with Gasteiger partial charge < -0.3 is 9.84 Å². The molecular formula is C16H15BrN2O3. The maximum atomic E-state index is 12.0. The number of halogens is 1. The van der Waals surface area contributed by atoms with E-state index in [1.807, 2.05) is 13.0 Å². The fourth-order valence-electron chi connectivity index (χ4n) is 1.75. The van der Waals surface area contributed by atoms with Gasteiger partial charge in [0.05, 0.1) is 18.4 Å². The third-order valence-electron chi connectivity index (χ3n) is 2.78. The molecule has 6 heteroatoms. The fourth-order valence-corrected chi connectivity index (χ4v) is 2.22. The lowest BCUT2D eigenvalue weighted by Gasteiger charge is -2.06. The number of phenolic OH excluding ortho intramolecular Hbond substituents is 1. The van der Waals surface area contributed by atoms with Crippen molar-refractivity contribution >= 4 is 28.1 Å². The van der Waals surface area contributed by atoms with Crippen molar-refractivity contribution in [3.63, 3.8) is 0 Å². The van der Waals surface area contributed by atoms with Gasteiger partial charge in [-0.2, -0.15) is 5.10 Å². The number of carbonyl (C=O) groups is 1. The number of phenols is 1. The summed E-state index contributed by atoms with van der Waals surface area (Å²) in [6.07, 6.45) is 1.48. The Hall–Kier alpha value is -2.34. The highest BCUT2D eigenvalue weighted by atomic mass is 79.9. The van der Waals surface area contributed by atoms with Crippen LogP contribution in [-0.2, 0) is 0 Å². The molecule has 2 aromatic rings. The van der Waals surface area contributed by atoms with Crippen LogP contribution in [0.15, 0.2) is 52.0 Å². The molecule has 0 aliphatic heterocycles. The number of nitrogens with one attached hydrogen (secondary N) is 1. The number of carbonyl (C=O) groups excluding carboxylic acids is 1. The second-order valence-corrected chi connectivity index (χ2v) is 5.19. The molecule has 0 aliphatic rings. The molecule has 0 radical (unpaired) electrons. The molecule has 22 heavy (non-hydrogen) atoms. The zero-order valence-corrected chi connectivity index (χ0v) is 13.5. The number of hydrogen-bond acceptors (Lipinski definition) is 4. The van der Waals surface area contributed by atoms with Gasteiger partial charge >= 0.3 is 0 Å². The van der Waals surface area contributed by atoms with Gasteiger partial charge in [-0.1, -0.05) is 12.1 Å². The zero-order valence-electron chi connectivity index (χ0n) is 11.9. The van der Waals surface area contributed by atoms with Gasteiger partial charge in [0.2, 0.25) is 0 Å². The monoisotopic (exact) mass is 362 g/mol.